The Bertz CT molecular complexity index is 418. The highest BCUT2D eigenvalue weighted by molar-refractivity contribution is 9.10. The van der Waals surface area contributed by atoms with Crippen LogP contribution in [0.3, 0.4) is 0 Å². The van der Waals surface area contributed by atoms with E-state index in [4.69, 9.17) is 5.26 Å². The molecule has 0 aromatic heterocycles. The van der Waals surface area contributed by atoms with Crippen molar-refractivity contribution in [3.63, 3.8) is 0 Å². The Balaban J connectivity index is 2.25. The lowest BCUT2D eigenvalue weighted by Crippen LogP contribution is -2.25. The Morgan fingerprint density at radius 1 is 1.50 bits per heavy atom. The lowest BCUT2D eigenvalue weighted by atomic mass is 10.1. The summed E-state index contributed by atoms with van der Waals surface area (Å²) in [6.45, 7) is 4.20. The maximum absolute atomic E-state index is 9.14. The summed E-state index contributed by atoms with van der Waals surface area (Å²) in [5.74, 6) is 0.843. The first-order valence-corrected chi connectivity index (χ1v) is 6.48. The number of rotatable bonds is 4. The second-order valence-electron chi connectivity index (χ2n) is 4.26. The zero-order valence-electron chi connectivity index (χ0n) is 9.41. The van der Waals surface area contributed by atoms with Crippen LogP contribution in [0.15, 0.2) is 22.7 Å². The number of benzene rings is 1. The predicted molar refractivity (Wildman–Crippen MR) is 69.5 cm³/mol. The fourth-order valence-electron chi connectivity index (χ4n) is 1.88. The topological polar surface area (TPSA) is 27.0 Å². The molecule has 0 unspecified atom stereocenters. The highest BCUT2D eigenvalue weighted by Crippen LogP contribution is 2.32. The van der Waals surface area contributed by atoms with Crippen molar-refractivity contribution in [1.82, 2.24) is 0 Å². The third-order valence-electron chi connectivity index (χ3n) is 2.98. The molecular weight excluding hydrogens is 264 g/mol. The molecule has 2 rings (SSSR count). The molecule has 3 heteroatoms. The number of halogens is 1. The van der Waals surface area contributed by atoms with Gasteiger partial charge in [-0.15, -0.1) is 0 Å². The van der Waals surface area contributed by atoms with Crippen molar-refractivity contribution in [2.45, 2.75) is 19.8 Å². The first-order valence-electron chi connectivity index (χ1n) is 5.69. The number of nitrogens with zero attached hydrogens (tertiary/aromatic N) is 2. The highest BCUT2D eigenvalue weighted by Gasteiger charge is 2.24. The molecule has 0 bridgehead atoms. The van der Waals surface area contributed by atoms with E-state index in [9.17, 15) is 0 Å². The second kappa shape index (κ2) is 4.88. The molecule has 1 saturated carbocycles. The van der Waals surface area contributed by atoms with Crippen molar-refractivity contribution in [3.8, 4) is 6.07 Å². The summed E-state index contributed by atoms with van der Waals surface area (Å²) in [5.41, 5.74) is 1.83. The van der Waals surface area contributed by atoms with Crippen LogP contribution in [0.1, 0.15) is 25.3 Å². The second-order valence-corrected chi connectivity index (χ2v) is 5.17. The molecule has 0 atom stereocenters. The van der Waals surface area contributed by atoms with Crippen LogP contribution in [0.2, 0.25) is 0 Å². The monoisotopic (exact) mass is 278 g/mol. The van der Waals surface area contributed by atoms with Gasteiger partial charge in [0.15, 0.2) is 0 Å². The van der Waals surface area contributed by atoms with Gasteiger partial charge in [-0.25, -0.2) is 0 Å². The predicted octanol–water partition coefficient (Wildman–Crippen LogP) is 3.56. The minimum Gasteiger partial charge on any atom is -0.370 e. The molecule has 0 aliphatic heterocycles. The molecule has 1 fully saturated rings. The van der Waals surface area contributed by atoms with Crippen molar-refractivity contribution in [1.29, 1.82) is 5.26 Å². The number of anilines is 1. The molecule has 0 N–H and O–H groups in total. The van der Waals surface area contributed by atoms with Gasteiger partial charge in [-0.3, -0.25) is 0 Å². The van der Waals surface area contributed by atoms with Crippen molar-refractivity contribution in [2.75, 3.05) is 18.0 Å². The summed E-state index contributed by atoms with van der Waals surface area (Å²) in [4.78, 5) is 2.31. The third-order valence-corrected chi connectivity index (χ3v) is 3.47. The smallest absolute Gasteiger partial charge is 0.101 e. The molecule has 0 radical (unpaired) electrons. The SMILES string of the molecule is CCN(CC1CC1)c1ccc(Br)cc1C#N. The normalized spacial score (nSPS) is 14.6. The fraction of sp³-hybridized carbons (Fsp3) is 0.462. The summed E-state index contributed by atoms with van der Waals surface area (Å²) < 4.78 is 0.968. The van der Waals surface area contributed by atoms with E-state index in [-0.39, 0.29) is 0 Å². The molecule has 0 saturated heterocycles. The summed E-state index contributed by atoms with van der Waals surface area (Å²) in [7, 11) is 0. The average Bonchev–Trinajstić information content (AvgIpc) is 3.10. The van der Waals surface area contributed by atoms with Gasteiger partial charge in [-0.1, -0.05) is 15.9 Å². The van der Waals surface area contributed by atoms with E-state index in [0.29, 0.717) is 0 Å². The van der Waals surface area contributed by atoms with Crippen molar-refractivity contribution >= 4 is 21.6 Å². The third kappa shape index (κ3) is 2.56. The van der Waals surface area contributed by atoms with Crippen LogP contribution >= 0.6 is 15.9 Å². The molecule has 1 aliphatic rings. The van der Waals surface area contributed by atoms with Gasteiger partial charge in [0.05, 0.1) is 11.3 Å². The van der Waals surface area contributed by atoms with Gasteiger partial charge in [0.2, 0.25) is 0 Å². The molecule has 1 aromatic rings. The minimum absolute atomic E-state index is 0.761. The van der Waals surface area contributed by atoms with E-state index in [1.54, 1.807) is 0 Å². The summed E-state index contributed by atoms with van der Waals surface area (Å²) in [5, 5.41) is 9.14. The van der Waals surface area contributed by atoms with Crippen LogP contribution in [-0.4, -0.2) is 13.1 Å². The molecule has 1 aliphatic carbocycles. The van der Waals surface area contributed by atoms with Gasteiger partial charge >= 0.3 is 0 Å². The Kier molecular flexibility index (Phi) is 3.50. The lowest BCUT2D eigenvalue weighted by molar-refractivity contribution is 0.741. The van der Waals surface area contributed by atoms with Gasteiger partial charge in [-0.2, -0.15) is 5.26 Å². The molecule has 0 heterocycles. The first-order chi connectivity index (χ1) is 7.74. The fourth-order valence-corrected chi connectivity index (χ4v) is 2.24. The molecule has 84 valence electrons. The van der Waals surface area contributed by atoms with Crippen LogP contribution in [0, 0.1) is 17.2 Å². The zero-order chi connectivity index (χ0) is 11.5. The van der Waals surface area contributed by atoms with E-state index < -0.39 is 0 Å². The van der Waals surface area contributed by atoms with Gasteiger partial charge in [0, 0.05) is 17.6 Å². The van der Waals surface area contributed by atoms with E-state index >= 15 is 0 Å². The number of nitriles is 1. The van der Waals surface area contributed by atoms with Gasteiger partial charge in [0.1, 0.15) is 6.07 Å². The van der Waals surface area contributed by atoms with Crippen LogP contribution < -0.4 is 4.90 Å². The number of hydrogen-bond donors (Lipinski definition) is 0. The minimum atomic E-state index is 0.761. The van der Waals surface area contributed by atoms with E-state index in [0.717, 1.165) is 34.7 Å². The Morgan fingerprint density at radius 2 is 2.25 bits per heavy atom. The summed E-state index contributed by atoms with van der Waals surface area (Å²) in [6.07, 6.45) is 2.68. The Morgan fingerprint density at radius 3 is 2.81 bits per heavy atom. The van der Waals surface area contributed by atoms with Crippen molar-refractivity contribution in [2.24, 2.45) is 5.92 Å². The molecular formula is C13H15BrN2. The van der Waals surface area contributed by atoms with E-state index in [1.165, 1.54) is 12.8 Å². The van der Waals surface area contributed by atoms with Crippen molar-refractivity contribution in [3.05, 3.63) is 28.2 Å². The largest absolute Gasteiger partial charge is 0.370 e. The van der Waals surface area contributed by atoms with Crippen LogP contribution in [0.4, 0.5) is 5.69 Å². The first kappa shape index (κ1) is 11.5. The lowest BCUT2D eigenvalue weighted by Gasteiger charge is -2.24. The molecule has 0 amide bonds. The van der Waals surface area contributed by atoms with Gasteiger partial charge in [-0.05, 0) is 43.9 Å². The van der Waals surface area contributed by atoms with Gasteiger partial charge < -0.3 is 4.90 Å². The maximum atomic E-state index is 9.14. The van der Waals surface area contributed by atoms with Crippen LogP contribution in [0.5, 0.6) is 0 Å². The quantitative estimate of drug-likeness (QED) is 0.842. The molecule has 1 aromatic carbocycles. The highest BCUT2D eigenvalue weighted by atomic mass is 79.9. The Hall–Kier alpha value is -1.01. The van der Waals surface area contributed by atoms with E-state index in [1.807, 2.05) is 18.2 Å². The maximum Gasteiger partial charge on any atom is 0.101 e. The molecule has 16 heavy (non-hydrogen) atoms. The Labute approximate surface area is 105 Å². The molecule has 2 nitrogen and oxygen atoms in total. The summed E-state index contributed by atoms with van der Waals surface area (Å²) in [6, 6.07) is 8.21. The zero-order valence-corrected chi connectivity index (χ0v) is 11.0. The van der Waals surface area contributed by atoms with Gasteiger partial charge in [0.25, 0.3) is 0 Å². The van der Waals surface area contributed by atoms with Crippen molar-refractivity contribution < 1.29 is 0 Å². The van der Waals surface area contributed by atoms with E-state index in [2.05, 4.69) is 33.8 Å². The van der Waals surface area contributed by atoms with Crippen LogP contribution in [-0.2, 0) is 0 Å². The number of hydrogen-bond acceptors (Lipinski definition) is 2. The van der Waals surface area contributed by atoms with Crippen LogP contribution in [0.25, 0.3) is 0 Å². The standard InChI is InChI=1S/C13H15BrN2/c1-2-16(9-10-3-4-10)13-6-5-12(14)7-11(13)8-15/h5-7,10H,2-4,9H2,1H3. The average molecular weight is 279 g/mol. The molecule has 0 spiro atoms. The summed E-state index contributed by atoms with van der Waals surface area (Å²) >= 11 is 3.40.